The molecule has 0 atom stereocenters. The summed E-state index contributed by atoms with van der Waals surface area (Å²) in [5, 5.41) is 9.69. The number of aryl methyl sites for hydroxylation is 1. The Kier molecular flexibility index (Phi) is 4.32. The molecule has 0 amide bonds. The second-order valence-electron chi connectivity index (χ2n) is 4.07. The number of pyridine rings is 1. The maximum atomic E-state index is 12.3. The van der Waals surface area contributed by atoms with Crippen molar-refractivity contribution >= 4 is 16.9 Å². The quantitative estimate of drug-likeness (QED) is 0.937. The maximum absolute atomic E-state index is 12.3. The number of alkyl halides is 2. The van der Waals surface area contributed by atoms with E-state index < -0.39 is 12.6 Å². The smallest absolute Gasteiger partial charge is 0.387 e. The van der Waals surface area contributed by atoms with Crippen LogP contribution in [-0.2, 0) is 0 Å². The Morgan fingerprint density at radius 1 is 1.38 bits per heavy atom. The van der Waals surface area contributed by atoms with Gasteiger partial charge in [0.15, 0.2) is 5.75 Å². The summed E-state index contributed by atoms with van der Waals surface area (Å²) in [7, 11) is 0. The molecule has 0 saturated carbocycles. The van der Waals surface area contributed by atoms with E-state index in [9.17, 15) is 18.7 Å². The van der Waals surface area contributed by atoms with Crippen molar-refractivity contribution in [2.45, 2.75) is 13.5 Å². The van der Waals surface area contributed by atoms with Crippen LogP contribution in [0.25, 0.3) is 11.0 Å². The number of carboxylic acid groups (broad SMARTS) is 1. The van der Waals surface area contributed by atoms with E-state index in [2.05, 4.69) is 9.72 Å². The number of ether oxygens (including phenoxy) is 1. The Balaban J connectivity index is 2.83. The first-order chi connectivity index (χ1) is 9.99. The van der Waals surface area contributed by atoms with Gasteiger partial charge in [-0.25, -0.2) is 4.79 Å². The topological polar surface area (TPSA) is 72.6 Å². The fraction of sp³-hybridized carbons (Fsp3) is 0.143. The van der Waals surface area contributed by atoms with Crippen LogP contribution in [0.3, 0.4) is 0 Å². The van der Waals surface area contributed by atoms with Gasteiger partial charge < -0.3 is 14.3 Å². The summed E-state index contributed by atoms with van der Waals surface area (Å²) >= 11 is 0. The first-order valence-corrected chi connectivity index (χ1v) is 5.87. The molecular formula is C14H11F2NO4. The molecule has 0 fully saturated rings. The number of hydrogen-bond donors (Lipinski definition) is 1. The summed E-state index contributed by atoms with van der Waals surface area (Å²) in [6.07, 6.45) is 3.87. The van der Waals surface area contributed by atoms with Crippen molar-refractivity contribution in [3.63, 3.8) is 0 Å². The highest BCUT2D eigenvalue weighted by molar-refractivity contribution is 5.94. The van der Waals surface area contributed by atoms with E-state index in [0.717, 1.165) is 12.3 Å². The van der Waals surface area contributed by atoms with E-state index in [1.165, 1.54) is 24.5 Å². The summed E-state index contributed by atoms with van der Waals surface area (Å²) in [5.74, 6) is -1.49. The normalized spacial score (nSPS) is 10.5. The number of aromatic nitrogens is 1. The van der Waals surface area contributed by atoms with Crippen molar-refractivity contribution in [3.8, 4) is 5.75 Å². The second kappa shape index (κ2) is 6.17. The molecule has 0 aliphatic heterocycles. The maximum Gasteiger partial charge on any atom is 0.387 e. The highest BCUT2D eigenvalue weighted by Gasteiger charge is 2.09. The van der Waals surface area contributed by atoms with Gasteiger partial charge in [0, 0.05) is 17.8 Å². The van der Waals surface area contributed by atoms with Crippen LogP contribution in [0, 0.1) is 6.92 Å². The van der Waals surface area contributed by atoms with Crippen LogP contribution in [0.2, 0.25) is 0 Å². The third kappa shape index (κ3) is 3.44. The Labute approximate surface area is 118 Å². The third-order valence-electron chi connectivity index (χ3n) is 2.76. The number of nitrogens with zero attached hydrogens (tertiary/aromatic N) is 1. The second-order valence-corrected chi connectivity index (χ2v) is 4.07. The first kappa shape index (κ1) is 14.7. The lowest BCUT2D eigenvalue weighted by Crippen LogP contribution is -2.01. The lowest BCUT2D eigenvalue weighted by Gasteiger charge is -2.00. The monoisotopic (exact) mass is 295 g/mol. The molecule has 2 heterocycles. The Morgan fingerprint density at radius 3 is 2.81 bits per heavy atom. The largest absolute Gasteiger partial charge is 0.478 e. The van der Waals surface area contributed by atoms with Gasteiger partial charge in [-0.3, -0.25) is 4.98 Å². The van der Waals surface area contributed by atoms with Gasteiger partial charge in [0.05, 0.1) is 5.56 Å². The molecule has 7 heteroatoms. The van der Waals surface area contributed by atoms with Crippen LogP contribution in [0.4, 0.5) is 8.78 Å². The minimum Gasteiger partial charge on any atom is -0.478 e. The van der Waals surface area contributed by atoms with E-state index in [1.54, 1.807) is 6.92 Å². The van der Waals surface area contributed by atoms with Gasteiger partial charge in [-0.1, -0.05) is 0 Å². The molecule has 0 aromatic carbocycles. The molecule has 0 unspecified atom stereocenters. The molecular weight excluding hydrogens is 284 g/mol. The van der Waals surface area contributed by atoms with Crippen LogP contribution < -0.4 is 4.74 Å². The average Bonchev–Trinajstić information content (AvgIpc) is 2.49. The lowest BCUT2D eigenvalue weighted by atomic mass is 10.1. The van der Waals surface area contributed by atoms with Gasteiger partial charge in [0.2, 0.25) is 0 Å². The summed E-state index contributed by atoms with van der Waals surface area (Å²) in [6.45, 7) is -1.46. The molecule has 0 spiro atoms. The van der Waals surface area contributed by atoms with Crippen LogP contribution >= 0.6 is 0 Å². The van der Waals surface area contributed by atoms with Crippen LogP contribution in [0.15, 0.2) is 41.3 Å². The van der Waals surface area contributed by atoms with Crippen molar-refractivity contribution in [1.82, 2.24) is 4.98 Å². The van der Waals surface area contributed by atoms with Gasteiger partial charge in [0.25, 0.3) is 0 Å². The number of aromatic carboxylic acids is 1. The molecule has 21 heavy (non-hydrogen) atoms. The minimum atomic E-state index is -3.04. The van der Waals surface area contributed by atoms with Gasteiger partial charge >= 0.3 is 12.6 Å². The summed E-state index contributed by atoms with van der Waals surface area (Å²) in [4.78, 5) is 15.2. The molecule has 0 bridgehead atoms. The number of carbonyl (C=O) groups is 1. The molecule has 0 aliphatic rings. The number of hydrogen-bond acceptors (Lipinski definition) is 4. The standard InChI is InChI=1S/C14H11F2NO4/c1-8-10(13(18)19)3-2-9(21-14(15)16)7-20-12-4-5-17-6-11(8)12/h2-7,14H,1H3,(H,18,19). The molecule has 2 rings (SSSR count). The SMILES string of the molecule is Cc1c(C(=O)O)ccc(OC(F)F)coc2ccncc12. The first-order valence-electron chi connectivity index (χ1n) is 5.87. The third-order valence-corrected chi connectivity index (χ3v) is 2.76. The Bertz CT molecular complexity index is 726. The zero-order valence-electron chi connectivity index (χ0n) is 10.9. The zero-order valence-corrected chi connectivity index (χ0v) is 10.9. The highest BCUT2D eigenvalue weighted by Crippen LogP contribution is 2.20. The predicted octanol–water partition coefficient (Wildman–Crippen LogP) is 3.56. The molecule has 0 aliphatic carbocycles. The molecule has 2 aromatic rings. The van der Waals surface area contributed by atoms with Crippen molar-refractivity contribution < 1.29 is 27.8 Å². The summed E-state index contributed by atoms with van der Waals surface area (Å²) in [5.41, 5.74) is 0.618. The molecule has 0 saturated heterocycles. The highest BCUT2D eigenvalue weighted by atomic mass is 19.3. The molecule has 2 aromatic heterocycles. The van der Waals surface area contributed by atoms with Crippen molar-refractivity contribution in [2.75, 3.05) is 0 Å². The predicted molar refractivity (Wildman–Crippen MR) is 70.0 cm³/mol. The van der Waals surface area contributed by atoms with E-state index in [0.29, 0.717) is 16.5 Å². The van der Waals surface area contributed by atoms with E-state index in [4.69, 9.17) is 4.42 Å². The Hall–Kier alpha value is -2.70. The fourth-order valence-electron chi connectivity index (χ4n) is 1.76. The van der Waals surface area contributed by atoms with Crippen LogP contribution in [0.5, 0.6) is 5.75 Å². The van der Waals surface area contributed by atoms with Crippen LogP contribution in [0.1, 0.15) is 15.9 Å². The lowest BCUT2D eigenvalue weighted by molar-refractivity contribution is -0.0507. The number of rotatable bonds is 3. The zero-order chi connectivity index (χ0) is 15.4. The molecule has 0 radical (unpaired) electrons. The van der Waals surface area contributed by atoms with Gasteiger partial charge in [-0.2, -0.15) is 8.78 Å². The van der Waals surface area contributed by atoms with Crippen molar-refractivity contribution in [3.05, 3.63) is 48.0 Å². The molecule has 1 N–H and O–H groups in total. The van der Waals surface area contributed by atoms with E-state index >= 15 is 0 Å². The van der Waals surface area contributed by atoms with Gasteiger partial charge in [0.1, 0.15) is 11.8 Å². The number of halogens is 2. The van der Waals surface area contributed by atoms with Crippen molar-refractivity contribution in [2.24, 2.45) is 0 Å². The summed E-state index contributed by atoms with van der Waals surface area (Å²) in [6, 6.07) is 3.79. The number of fused-ring (bicyclic) bond motifs is 1. The molecule has 110 valence electrons. The number of carboxylic acids is 1. The average molecular weight is 295 g/mol. The van der Waals surface area contributed by atoms with E-state index in [1.807, 2.05) is 0 Å². The van der Waals surface area contributed by atoms with Crippen LogP contribution in [-0.4, -0.2) is 22.7 Å². The van der Waals surface area contributed by atoms with E-state index in [-0.39, 0.29) is 11.3 Å². The molecule has 5 nitrogen and oxygen atoms in total. The minimum absolute atomic E-state index is 0.0708. The van der Waals surface area contributed by atoms with Gasteiger partial charge in [-0.15, -0.1) is 0 Å². The summed E-state index contributed by atoms with van der Waals surface area (Å²) < 4.78 is 34.1. The fourth-order valence-corrected chi connectivity index (χ4v) is 1.76. The van der Waals surface area contributed by atoms with Crippen molar-refractivity contribution in [1.29, 1.82) is 0 Å². The van der Waals surface area contributed by atoms with Gasteiger partial charge in [-0.05, 0) is 30.7 Å². The Morgan fingerprint density at radius 2 is 2.14 bits per heavy atom.